The summed E-state index contributed by atoms with van der Waals surface area (Å²) in [6.07, 6.45) is 5.07. The van der Waals surface area contributed by atoms with Crippen molar-refractivity contribution < 1.29 is 4.39 Å². The molecule has 17 heavy (non-hydrogen) atoms. The van der Waals surface area contributed by atoms with Gasteiger partial charge in [0.15, 0.2) is 0 Å². The monoisotopic (exact) mass is 249 g/mol. The van der Waals surface area contributed by atoms with E-state index in [1.54, 1.807) is 42.5 Å². The van der Waals surface area contributed by atoms with Crippen molar-refractivity contribution in [2.45, 2.75) is 5.03 Å². The highest BCUT2D eigenvalue weighted by Gasteiger charge is 1.95. The van der Waals surface area contributed by atoms with Crippen molar-refractivity contribution >= 4 is 17.4 Å². The van der Waals surface area contributed by atoms with Crippen LogP contribution < -0.4 is 5.32 Å². The maximum absolute atomic E-state index is 12.6. The van der Waals surface area contributed by atoms with Gasteiger partial charge in [0.25, 0.3) is 0 Å². The SMILES string of the molecule is Fc1ccc(NCCSc2cnccn2)cc1. The predicted octanol–water partition coefficient (Wildman–Crippen LogP) is 2.82. The summed E-state index contributed by atoms with van der Waals surface area (Å²) in [7, 11) is 0. The zero-order valence-corrected chi connectivity index (χ0v) is 9.95. The summed E-state index contributed by atoms with van der Waals surface area (Å²) in [5.41, 5.74) is 0.922. The molecule has 0 spiro atoms. The Kier molecular flexibility index (Phi) is 4.32. The maximum Gasteiger partial charge on any atom is 0.123 e. The number of nitrogens with one attached hydrogen (secondary N) is 1. The number of rotatable bonds is 5. The number of benzene rings is 1. The molecule has 0 radical (unpaired) electrons. The standard InChI is InChI=1S/C12H12FN3S/c13-10-1-3-11(4-2-10)15-7-8-17-12-9-14-5-6-16-12/h1-6,9,15H,7-8H2. The molecule has 5 heteroatoms. The van der Waals surface area contributed by atoms with Crippen LogP contribution in [0.15, 0.2) is 47.9 Å². The van der Waals surface area contributed by atoms with Gasteiger partial charge in [0, 0.05) is 30.4 Å². The first-order valence-corrected chi connectivity index (χ1v) is 6.21. The molecule has 2 rings (SSSR count). The average Bonchev–Trinajstić information content (AvgIpc) is 2.38. The third kappa shape index (κ3) is 4.03. The second-order valence-corrected chi connectivity index (χ2v) is 4.44. The molecule has 3 nitrogen and oxygen atoms in total. The molecule has 1 aromatic carbocycles. The van der Waals surface area contributed by atoms with E-state index in [1.807, 2.05) is 0 Å². The molecule has 0 saturated carbocycles. The van der Waals surface area contributed by atoms with Gasteiger partial charge in [0.1, 0.15) is 10.8 Å². The van der Waals surface area contributed by atoms with Crippen molar-refractivity contribution in [2.75, 3.05) is 17.6 Å². The van der Waals surface area contributed by atoms with Gasteiger partial charge < -0.3 is 5.32 Å². The number of halogens is 1. The van der Waals surface area contributed by atoms with Crippen LogP contribution >= 0.6 is 11.8 Å². The van der Waals surface area contributed by atoms with E-state index in [0.29, 0.717) is 0 Å². The Bertz CT molecular complexity index is 447. The van der Waals surface area contributed by atoms with E-state index in [9.17, 15) is 4.39 Å². The van der Waals surface area contributed by atoms with Crippen molar-refractivity contribution in [3.8, 4) is 0 Å². The summed E-state index contributed by atoms with van der Waals surface area (Å²) in [5, 5.41) is 4.12. The number of hydrogen-bond donors (Lipinski definition) is 1. The molecule has 0 bridgehead atoms. The van der Waals surface area contributed by atoms with E-state index < -0.39 is 0 Å². The lowest BCUT2D eigenvalue weighted by atomic mass is 10.3. The number of nitrogens with zero attached hydrogens (tertiary/aromatic N) is 2. The van der Waals surface area contributed by atoms with Gasteiger partial charge in [-0.05, 0) is 24.3 Å². The topological polar surface area (TPSA) is 37.8 Å². The Hall–Kier alpha value is -1.62. The molecule has 0 fully saturated rings. The summed E-state index contributed by atoms with van der Waals surface area (Å²) in [4.78, 5) is 8.14. The highest BCUT2D eigenvalue weighted by molar-refractivity contribution is 7.99. The molecule has 0 amide bonds. The first-order valence-electron chi connectivity index (χ1n) is 5.23. The van der Waals surface area contributed by atoms with E-state index >= 15 is 0 Å². The van der Waals surface area contributed by atoms with Crippen LogP contribution in [0.2, 0.25) is 0 Å². The molecule has 2 aromatic rings. The van der Waals surface area contributed by atoms with Gasteiger partial charge in [0.05, 0.1) is 6.20 Å². The fourth-order valence-electron chi connectivity index (χ4n) is 1.28. The first kappa shape index (κ1) is 11.9. The number of anilines is 1. The second kappa shape index (κ2) is 6.20. The molecule has 0 aliphatic carbocycles. The van der Waals surface area contributed by atoms with E-state index in [-0.39, 0.29) is 5.82 Å². The zero-order valence-electron chi connectivity index (χ0n) is 9.14. The quantitative estimate of drug-likeness (QED) is 0.653. The van der Waals surface area contributed by atoms with Crippen LogP contribution in [0.25, 0.3) is 0 Å². The molecule has 0 aliphatic heterocycles. The Morgan fingerprint density at radius 2 is 2.00 bits per heavy atom. The molecule has 0 saturated heterocycles. The maximum atomic E-state index is 12.6. The van der Waals surface area contributed by atoms with Crippen LogP contribution in [0, 0.1) is 5.82 Å². The van der Waals surface area contributed by atoms with E-state index in [0.717, 1.165) is 23.0 Å². The summed E-state index contributed by atoms with van der Waals surface area (Å²) in [6, 6.07) is 6.33. The van der Waals surface area contributed by atoms with Crippen molar-refractivity contribution in [3.05, 3.63) is 48.7 Å². The van der Waals surface area contributed by atoms with Crippen LogP contribution in [-0.2, 0) is 0 Å². The molecule has 0 unspecified atom stereocenters. The summed E-state index contributed by atoms with van der Waals surface area (Å²) in [5.74, 6) is 0.667. The summed E-state index contributed by atoms with van der Waals surface area (Å²) < 4.78 is 12.6. The van der Waals surface area contributed by atoms with E-state index in [1.165, 1.54) is 12.1 Å². The average molecular weight is 249 g/mol. The molecule has 1 N–H and O–H groups in total. The Morgan fingerprint density at radius 3 is 2.71 bits per heavy atom. The molecule has 0 atom stereocenters. The molecule has 1 heterocycles. The molecular formula is C12H12FN3S. The fourth-order valence-corrected chi connectivity index (χ4v) is 1.96. The van der Waals surface area contributed by atoms with Crippen LogP contribution in [0.3, 0.4) is 0 Å². The molecule has 0 aliphatic rings. The summed E-state index contributed by atoms with van der Waals surface area (Å²) >= 11 is 1.63. The van der Waals surface area contributed by atoms with Crippen LogP contribution in [0.5, 0.6) is 0 Å². The van der Waals surface area contributed by atoms with Crippen LogP contribution in [0.1, 0.15) is 0 Å². The van der Waals surface area contributed by atoms with Gasteiger partial charge in [-0.25, -0.2) is 9.37 Å². The minimum atomic E-state index is -0.218. The van der Waals surface area contributed by atoms with Crippen molar-refractivity contribution in [3.63, 3.8) is 0 Å². The third-order valence-corrected chi connectivity index (χ3v) is 2.98. The normalized spacial score (nSPS) is 10.2. The van der Waals surface area contributed by atoms with Gasteiger partial charge in [-0.15, -0.1) is 11.8 Å². The Balaban J connectivity index is 1.71. The zero-order chi connectivity index (χ0) is 11.9. The lowest BCUT2D eigenvalue weighted by Gasteiger charge is -2.05. The number of thioether (sulfide) groups is 1. The minimum absolute atomic E-state index is 0.218. The van der Waals surface area contributed by atoms with Crippen LogP contribution in [-0.4, -0.2) is 22.3 Å². The van der Waals surface area contributed by atoms with Crippen molar-refractivity contribution in [2.24, 2.45) is 0 Å². The van der Waals surface area contributed by atoms with Gasteiger partial charge in [-0.2, -0.15) is 0 Å². The van der Waals surface area contributed by atoms with Gasteiger partial charge >= 0.3 is 0 Å². The smallest absolute Gasteiger partial charge is 0.123 e. The molecular weight excluding hydrogens is 237 g/mol. The largest absolute Gasteiger partial charge is 0.384 e. The Morgan fingerprint density at radius 1 is 1.18 bits per heavy atom. The second-order valence-electron chi connectivity index (χ2n) is 3.33. The van der Waals surface area contributed by atoms with Crippen molar-refractivity contribution in [1.82, 2.24) is 9.97 Å². The van der Waals surface area contributed by atoms with Gasteiger partial charge in [0.2, 0.25) is 0 Å². The third-order valence-electron chi connectivity index (χ3n) is 2.06. The van der Waals surface area contributed by atoms with E-state index in [4.69, 9.17) is 0 Å². The van der Waals surface area contributed by atoms with Gasteiger partial charge in [-0.3, -0.25) is 4.98 Å². The van der Waals surface area contributed by atoms with Crippen LogP contribution in [0.4, 0.5) is 10.1 Å². The fraction of sp³-hybridized carbons (Fsp3) is 0.167. The number of hydrogen-bond acceptors (Lipinski definition) is 4. The lowest BCUT2D eigenvalue weighted by molar-refractivity contribution is 0.628. The lowest BCUT2D eigenvalue weighted by Crippen LogP contribution is -2.04. The molecule has 88 valence electrons. The minimum Gasteiger partial charge on any atom is -0.384 e. The first-order chi connectivity index (χ1) is 8.34. The molecule has 1 aromatic heterocycles. The summed E-state index contributed by atoms with van der Waals surface area (Å²) in [6.45, 7) is 0.798. The predicted molar refractivity (Wildman–Crippen MR) is 67.6 cm³/mol. The Labute approximate surface area is 103 Å². The highest BCUT2D eigenvalue weighted by atomic mass is 32.2. The van der Waals surface area contributed by atoms with Crippen molar-refractivity contribution in [1.29, 1.82) is 0 Å². The highest BCUT2D eigenvalue weighted by Crippen LogP contribution is 2.13. The number of aromatic nitrogens is 2. The van der Waals surface area contributed by atoms with Gasteiger partial charge in [-0.1, -0.05) is 0 Å². The van der Waals surface area contributed by atoms with E-state index in [2.05, 4.69) is 15.3 Å².